The molecule has 1 aromatic rings. The highest BCUT2D eigenvalue weighted by Gasteiger charge is 2.40. The molecule has 0 radical (unpaired) electrons. The number of Topliss-reactive ketones (excluding diaryl/α,β-unsaturated/α-hetero) is 1. The van der Waals surface area contributed by atoms with Crippen LogP contribution in [0.25, 0.3) is 0 Å². The Hall–Kier alpha value is -1.15. The van der Waals surface area contributed by atoms with Gasteiger partial charge in [0.15, 0.2) is 5.78 Å². The van der Waals surface area contributed by atoms with E-state index in [0.717, 1.165) is 43.4 Å². The Kier molecular flexibility index (Phi) is 4.17. The quantitative estimate of drug-likeness (QED) is 0.742. The van der Waals surface area contributed by atoms with E-state index < -0.39 is 0 Å². The van der Waals surface area contributed by atoms with E-state index in [1.54, 1.807) is 0 Å². The van der Waals surface area contributed by atoms with Gasteiger partial charge >= 0.3 is 0 Å². The molecule has 114 valence electrons. The molecule has 1 heterocycles. The number of hydrogen-bond acceptors (Lipinski definition) is 2. The summed E-state index contributed by atoms with van der Waals surface area (Å²) < 4.78 is 6.12. The van der Waals surface area contributed by atoms with Gasteiger partial charge in [-0.15, -0.1) is 0 Å². The molecule has 1 atom stereocenters. The average Bonchev–Trinajstić information content (AvgIpc) is 2.47. The van der Waals surface area contributed by atoms with Crippen LogP contribution in [-0.2, 0) is 4.74 Å². The molecule has 1 unspecified atom stereocenters. The van der Waals surface area contributed by atoms with Gasteiger partial charge in [-0.1, -0.05) is 43.0 Å². The van der Waals surface area contributed by atoms with Crippen molar-refractivity contribution in [1.82, 2.24) is 0 Å². The Morgan fingerprint density at radius 3 is 2.67 bits per heavy atom. The Balaban J connectivity index is 1.77. The third-order valence-electron chi connectivity index (χ3n) is 5.28. The number of carbonyl (C=O) groups is 1. The molecule has 1 aromatic carbocycles. The molecule has 0 amide bonds. The molecule has 1 saturated heterocycles. The number of rotatable bonds is 2. The molecule has 0 bridgehead atoms. The zero-order chi connectivity index (χ0) is 14.9. The first-order valence-electron chi connectivity index (χ1n) is 8.35. The predicted octanol–water partition coefficient (Wildman–Crippen LogP) is 4.62. The van der Waals surface area contributed by atoms with Crippen LogP contribution in [0.3, 0.4) is 0 Å². The topological polar surface area (TPSA) is 26.3 Å². The van der Waals surface area contributed by atoms with Gasteiger partial charge in [-0.3, -0.25) is 4.79 Å². The van der Waals surface area contributed by atoms with Crippen LogP contribution < -0.4 is 0 Å². The van der Waals surface area contributed by atoms with Gasteiger partial charge in [0.25, 0.3) is 0 Å². The molecule has 1 saturated carbocycles. The summed E-state index contributed by atoms with van der Waals surface area (Å²) in [5, 5.41) is 0. The summed E-state index contributed by atoms with van der Waals surface area (Å²) in [5.41, 5.74) is 3.26. The smallest absolute Gasteiger partial charge is 0.166 e. The summed E-state index contributed by atoms with van der Waals surface area (Å²) >= 11 is 0. The highest BCUT2D eigenvalue weighted by molar-refractivity contribution is 5.99. The first kappa shape index (κ1) is 14.8. The fraction of sp³-hybridized carbons (Fsp3) is 0.632. The van der Waals surface area contributed by atoms with Crippen molar-refractivity contribution in [3.63, 3.8) is 0 Å². The standard InChI is InChI=1S/C19H26O2/c1-14-6-7-17(15(2)12-14)18(20)16-8-11-21-19(13-16)9-4-3-5-10-19/h6-7,12,16H,3-5,8-11,13H2,1-2H3. The van der Waals surface area contributed by atoms with E-state index in [1.165, 1.54) is 24.8 Å². The van der Waals surface area contributed by atoms with E-state index in [0.29, 0.717) is 5.78 Å². The molecule has 0 aromatic heterocycles. The second-order valence-electron chi connectivity index (χ2n) is 6.96. The maximum Gasteiger partial charge on any atom is 0.166 e. The maximum absolute atomic E-state index is 12.9. The van der Waals surface area contributed by atoms with Crippen molar-refractivity contribution in [3.05, 3.63) is 34.9 Å². The van der Waals surface area contributed by atoms with E-state index in [9.17, 15) is 4.79 Å². The van der Waals surface area contributed by atoms with E-state index in [4.69, 9.17) is 4.74 Å². The third-order valence-corrected chi connectivity index (χ3v) is 5.28. The Morgan fingerprint density at radius 2 is 1.95 bits per heavy atom. The number of hydrogen-bond donors (Lipinski definition) is 0. The van der Waals surface area contributed by atoms with E-state index in [-0.39, 0.29) is 11.5 Å². The number of ketones is 1. The van der Waals surface area contributed by atoms with Gasteiger partial charge in [0.05, 0.1) is 5.60 Å². The molecule has 1 aliphatic heterocycles. The molecule has 0 N–H and O–H groups in total. The van der Waals surface area contributed by atoms with Crippen LogP contribution in [0.2, 0.25) is 0 Å². The lowest BCUT2D eigenvalue weighted by molar-refractivity contribution is -0.111. The van der Waals surface area contributed by atoms with Crippen molar-refractivity contribution >= 4 is 5.78 Å². The predicted molar refractivity (Wildman–Crippen MR) is 84.7 cm³/mol. The van der Waals surface area contributed by atoms with Crippen LogP contribution in [0.15, 0.2) is 18.2 Å². The molecular weight excluding hydrogens is 260 g/mol. The first-order valence-corrected chi connectivity index (χ1v) is 8.35. The number of ether oxygens (including phenoxy) is 1. The van der Waals surface area contributed by atoms with Crippen molar-refractivity contribution in [1.29, 1.82) is 0 Å². The van der Waals surface area contributed by atoms with Gasteiger partial charge in [0.2, 0.25) is 0 Å². The van der Waals surface area contributed by atoms with E-state index in [1.807, 2.05) is 6.07 Å². The molecule has 2 nitrogen and oxygen atoms in total. The molecule has 2 aliphatic rings. The van der Waals surface area contributed by atoms with Gasteiger partial charge in [-0.2, -0.15) is 0 Å². The minimum absolute atomic E-state index is 0.00935. The molecule has 3 rings (SSSR count). The van der Waals surface area contributed by atoms with Gasteiger partial charge < -0.3 is 4.74 Å². The molecule has 21 heavy (non-hydrogen) atoms. The van der Waals surface area contributed by atoms with Crippen molar-refractivity contribution in [2.24, 2.45) is 5.92 Å². The zero-order valence-electron chi connectivity index (χ0n) is 13.3. The second-order valence-corrected chi connectivity index (χ2v) is 6.96. The summed E-state index contributed by atoms with van der Waals surface area (Å²) in [6.07, 6.45) is 7.93. The normalized spacial score (nSPS) is 25.0. The summed E-state index contributed by atoms with van der Waals surface area (Å²) in [5.74, 6) is 0.485. The van der Waals surface area contributed by atoms with Crippen molar-refractivity contribution in [2.45, 2.75) is 64.4 Å². The lowest BCUT2D eigenvalue weighted by Crippen LogP contribution is -2.43. The zero-order valence-corrected chi connectivity index (χ0v) is 13.3. The molecule has 1 spiro atoms. The Labute approximate surface area is 127 Å². The highest BCUT2D eigenvalue weighted by atomic mass is 16.5. The van der Waals surface area contributed by atoms with Crippen LogP contribution in [0.4, 0.5) is 0 Å². The SMILES string of the molecule is Cc1ccc(C(=O)C2CCOC3(CCCCC3)C2)c(C)c1. The van der Waals surface area contributed by atoms with Crippen molar-refractivity contribution < 1.29 is 9.53 Å². The van der Waals surface area contributed by atoms with Gasteiger partial charge in [-0.05, 0) is 45.1 Å². The van der Waals surface area contributed by atoms with Crippen LogP contribution >= 0.6 is 0 Å². The van der Waals surface area contributed by atoms with Gasteiger partial charge in [0, 0.05) is 18.1 Å². The monoisotopic (exact) mass is 286 g/mol. The highest BCUT2D eigenvalue weighted by Crippen LogP contribution is 2.41. The van der Waals surface area contributed by atoms with Gasteiger partial charge in [0.1, 0.15) is 0 Å². The van der Waals surface area contributed by atoms with Crippen LogP contribution in [0.5, 0.6) is 0 Å². The largest absolute Gasteiger partial charge is 0.375 e. The minimum Gasteiger partial charge on any atom is -0.375 e. The first-order chi connectivity index (χ1) is 10.1. The summed E-state index contributed by atoms with van der Waals surface area (Å²) in [4.78, 5) is 12.9. The summed E-state index contributed by atoms with van der Waals surface area (Å²) in [6, 6.07) is 6.18. The fourth-order valence-electron chi connectivity index (χ4n) is 4.11. The van der Waals surface area contributed by atoms with Crippen molar-refractivity contribution in [2.75, 3.05) is 6.61 Å². The third kappa shape index (κ3) is 3.06. The Bertz CT molecular complexity index is 521. The van der Waals surface area contributed by atoms with Crippen LogP contribution in [0, 0.1) is 19.8 Å². The van der Waals surface area contributed by atoms with E-state index >= 15 is 0 Å². The van der Waals surface area contributed by atoms with E-state index in [2.05, 4.69) is 26.0 Å². The number of carbonyl (C=O) groups excluding carboxylic acids is 1. The van der Waals surface area contributed by atoms with Crippen LogP contribution in [0.1, 0.15) is 66.4 Å². The molecule has 2 fully saturated rings. The van der Waals surface area contributed by atoms with Crippen LogP contribution in [-0.4, -0.2) is 18.0 Å². The molecular formula is C19H26O2. The summed E-state index contributed by atoms with van der Waals surface area (Å²) in [7, 11) is 0. The fourth-order valence-corrected chi connectivity index (χ4v) is 4.11. The minimum atomic E-state index is 0.00935. The molecule has 2 heteroatoms. The number of aryl methyl sites for hydroxylation is 2. The average molecular weight is 286 g/mol. The molecule has 1 aliphatic carbocycles. The lowest BCUT2D eigenvalue weighted by atomic mass is 9.74. The maximum atomic E-state index is 12.9. The number of benzene rings is 1. The lowest BCUT2D eigenvalue weighted by Gasteiger charge is -2.43. The van der Waals surface area contributed by atoms with Crippen molar-refractivity contribution in [3.8, 4) is 0 Å². The second kappa shape index (κ2) is 5.92. The summed E-state index contributed by atoms with van der Waals surface area (Å²) in [6.45, 7) is 4.88. The van der Waals surface area contributed by atoms with Gasteiger partial charge in [-0.25, -0.2) is 0 Å². The Morgan fingerprint density at radius 1 is 1.19 bits per heavy atom.